The van der Waals surface area contributed by atoms with Gasteiger partial charge in [0.15, 0.2) is 18.2 Å². The minimum absolute atomic E-state index is 0.0740. The van der Waals surface area contributed by atoms with E-state index in [0.29, 0.717) is 19.8 Å². The Labute approximate surface area is 273 Å². The van der Waals surface area contributed by atoms with Gasteiger partial charge in [-0.05, 0) is 44.4 Å². The van der Waals surface area contributed by atoms with Crippen LogP contribution >= 0.6 is 31.4 Å². The predicted octanol–water partition coefficient (Wildman–Crippen LogP) is 13.1. The van der Waals surface area contributed by atoms with Crippen molar-refractivity contribution in [2.24, 2.45) is 0 Å². The molecule has 248 valence electrons. The average molecular weight is 672 g/mol. The summed E-state index contributed by atoms with van der Waals surface area (Å²) in [5.74, 6) is 2.35. The summed E-state index contributed by atoms with van der Waals surface area (Å²) in [4.78, 5) is 0. The van der Waals surface area contributed by atoms with E-state index in [9.17, 15) is 0 Å². The van der Waals surface area contributed by atoms with Gasteiger partial charge in [0.25, 0.3) is 0 Å². The molecule has 3 nitrogen and oxygen atoms in total. The molecule has 0 aromatic rings. The Morgan fingerprint density at radius 3 is 1.07 bits per heavy atom. The van der Waals surface area contributed by atoms with Gasteiger partial charge in [0, 0.05) is 31.3 Å². The monoisotopic (exact) mass is 671 g/mol. The maximum absolute atomic E-state index is 6.26. The summed E-state index contributed by atoms with van der Waals surface area (Å²) in [5, 5.41) is 0. The van der Waals surface area contributed by atoms with Crippen LogP contribution in [0.1, 0.15) is 182 Å². The van der Waals surface area contributed by atoms with E-state index in [1.54, 1.807) is 0 Å². The van der Waals surface area contributed by atoms with Gasteiger partial charge in [0.2, 0.25) is 0 Å². The minimum Gasteiger partial charge on any atom is -0.331 e. The lowest BCUT2D eigenvalue weighted by Gasteiger charge is -2.23. The second kappa shape index (κ2) is 34.4. The third kappa shape index (κ3) is 26.4. The first-order chi connectivity index (χ1) is 20.2. The van der Waals surface area contributed by atoms with Crippen molar-refractivity contribution in [2.75, 3.05) is 31.3 Å². The van der Waals surface area contributed by atoms with E-state index in [4.69, 9.17) is 13.3 Å². The lowest BCUT2D eigenvalue weighted by molar-refractivity contribution is 0.0966. The van der Waals surface area contributed by atoms with Gasteiger partial charge in [0.1, 0.15) is 0 Å². The molecule has 0 radical (unpaired) electrons. The molecule has 0 aromatic carbocycles. The first kappa shape index (κ1) is 42.5. The molecule has 0 aliphatic rings. The minimum atomic E-state index is -2.66. The predicted molar refractivity (Wildman–Crippen MR) is 198 cm³/mol. The number of unbranched alkanes of at least 4 members (excludes halogenated alkanes) is 21. The SMILES string of the molecule is CCCCCCCCCCCCCCCCCCCCCCCCS[S+](SSCCC)[Si](OCC)(OCC)OCC. The van der Waals surface area contributed by atoms with Crippen molar-refractivity contribution in [3.63, 3.8) is 0 Å². The van der Waals surface area contributed by atoms with E-state index in [1.165, 1.54) is 159 Å². The van der Waals surface area contributed by atoms with Crippen molar-refractivity contribution in [2.45, 2.75) is 182 Å². The summed E-state index contributed by atoms with van der Waals surface area (Å²) in [6.07, 6.45) is 32.8. The van der Waals surface area contributed by atoms with Gasteiger partial charge in [-0.3, -0.25) is 0 Å². The topological polar surface area (TPSA) is 27.7 Å². The Hall–Kier alpha value is 1.50. The third-order valence-corrected chi connectivity index (χ3v) is 26.6. The van der Waals surface area contributed by atoms with E-state index in [2.05, 4.69) is 34.6 Å². The molecule has 0 bridgehead atoms. The molecule has 0 rings (SSSR count). The van der Waals surface area contributed by atoms with E-state index in [0.717, 1.165) is 0 Å². The van der Waals surface area contributed by atoms with Crippen LogP contribution in [0.2, 0.25) is 0 Å². The van der Waals surface area contributed by atoms with Crippen LogP contribution in [0.4, 0.5) is 0 Å². The summed E-state index contributed by atoms with van der Waals surface area (Å²) >= 11 is 0. The van der Waals surface area contributed by atoms with Crippen LogP contribution in [-0.2, 0) is 21.7 Å². The van der Waals surface area contributed by atoms with Crippen LogP contribution < -0.4 is 0 Å². The molecule has 1 atom stereocenters. The van der Waals surface area contributed by atoms with Gasteiger partial charge in [-0.2, -0.15) is 0 Å². The standard InChI is InChI=1S/C33H71O3S4Si/c1-6-11-12-13-14-15-16-17-18-19-20-21-22-23-24-25-26-27-28-29-30-31-33-38-40(39-37-32-7-2)41(34-8-3,35-9-4)36-10-5/h6-33H2,1-5H3/q+1. The highest BCUT2D eigenvalue weighted by Gasteiger charge is 2.66. The molecule has 41 heavy (non-hydrogen) atoms. The zero-order chi connectivity index (χ0) is 30.1. The Bertz CT molecular complexity index is 488. The highest BCUT2D eigenvalue weighted by Crippen LogP contribution is 2.46. The summed E-state index contributed by atoms with van der Waals surface area (Å²) in [7, 11) is 3.23. The molecule has 1 unspecified atom stereocenters. The Kier molecular flexibility index (Phi) is 35.6. The third-order valence-electron chi connectivity index (χ3n) is 7.25. The molecule has 0 amide bonds. The molecule has 0 saturated heterocycles. The summed E-state index contributed by atoms with van der Waals surface area (Å²) in [6, 6.07) is 0. The second-order valence-electron chi connectivity index (χ2n) is 11.2. The normalized spacial score (nSPS) is 12.8. The first-order valence-electron chi connectivity index (χ1n) is 17.8. The molecular weight excluding hydrogens is 601 g/mol. The van der Waals surface area contributed by atoms with Crippen molar-refractivity contribution in [1.82, 2.24) is 0 Å². The molecule has 0 saturated carbocycles. The molecule has 0 N–H and O–H groups in total. The maximum Gasteiger partial charge on any atom is 0.808 e. The zero-order valence-electron chi connectivity index (χ0n) is 28.2. The largest absolute Gasteiger partial charge is 0.808 e. The van der Waals surface area contributed by atoms with Crippen molar-refractivity contribution in [3.8, 4) is 0 Å². The Morgan fingerprint density at radius 1 is 0.415 bits per heavy atom. The molecule has 0 fully saturated rings. The van der Waals surface area contributed by atoms with E-state index >= 15 is 0 Å². The van der Waals surface area contributed by atoms with Crippen LogP contribution in [0, 0.1) is 0 Å². The van der Waals surface area contributed by atoms with E-state index < -0.39 is 7.95 Å². The van der Waals surface area contributed by atoms with Gasteiger partial charge < -0.3 is 13.3 Å². The fourth-order valence-corrected chi connectivity index (χ4v) is 25.5. The molecule has 0 heterocycles. The van der Waals surface area contributed by atoms with Gasteiger partial charge in [-0.1, -0.05) is 149 Å². The number of hydrogen-bond acceptors (Lipinski definition) is 6. The van der Waals surface area contributed by atoms with Gasteiger partial charge in [-0.25, -0.2) is 0 Å². The smallest absolute Gasteiger partial charge is 0.331 e. The van der Waals surface area contributed by atoms with Gasteiger partial charge in [0.05, 0.1) is 10.8 Å². The fourth-order valence-electron chi connectivity index (χ4n) is 4.94. The second-order valence-corrected chi connectivity index (χ2v) is 25.1. The van der Waals surface area contributed by atoms with Gasteiger partial charge >= 0.3 is 7.95 Å². The van der Waals surface area contributed by atoms with Gasteiger partial charge in [-0.15, -0.1) is 0 Å². The zero-order valence-corrected chi connectivity index (χ0v) is 32.4. The van der Waals surface area contributed by atoms with Crippen molar-refractivity contribution in [1.29, 1.82) is 0 Å². The summed E-state index contributed by atoms with van der Waals surface area (Å²) in [5.41, 5.74) is 0. The summed E-state index contributed by atoms with van der Waals surface area (Å²) < 4.78 is 18.8. The highest BCUT2D eigenvalue weighted by atomic mass is 33.8. The Morgan fingerprint density at radius 2 is 0.756 bits per heavy atom. The van der Waals surface area contributed by atoms with E-state index in [-0.39, 0.29) is 8.41 Å². The lowest BCUT2D eigenvalue weighted by atomic mass is 10.0. The average Bonchev–Trinajstić information content (AvgIpc) is 2.97. The number of rotatable bonds is 35. The molecule has 0 aliphatic carbocycles. The molecule has 0 spiro atoms. The van der Waals surface area contributed by atoms with Crippen LogP contribution in [0.25, 0.3) is 0 Å². The summed E-state index contributed by atoms with van der Waals surface area (Å²) in [6.45, 7) is 12.7. The molecular formula is C33H71O3S4Si+. The van der Waals surface area contributed by atoms with Crippen LogP contribution in [0.5, 0.6) is 0 Å². The maximum atomic E-state index is 6.26. The fraction of sp³-hybridized carbons (Fsp3) is 1.00. The van der Waals surface area contributed by atoms with Crippen molar-refractivity contribution >= 4 is 47.8 Å². The highest BCUT2D eigenvalue weighted by molar-refractivity contribution is 9.29. The van der Waals surface area contributed by atoms with E-state index in [1.807, 2.05) is 31.4 Å². The quantitative estimate of drug-likeness (QED) is 0.0288. The Balaban J connectivity index is 3.72. The van der Waals surface area contributed by atoms with Crippen LogP contribution in [-0.4, -0.2) is 39.3 Å². The lowest BCUT2D eigenvalue weighted by Crippen LogP contribution is -2.51. The molecule has 0 aromatic heterocycles. The first-order valence-corrected chi connectivity index (χ1v) is 25.8. The number of hydrogen-bond donors (Lipinski definition) is 0. The van der Waals surface area contributed by atoms with Crippen molar-refractivity contribution < 1.29 is 13.3 Å². The van der Waals surface area contributed by atoms with Crippen LogP contribution in [0.3, 0.4) is 0 Å². The molecule has 8 heteroatoms. The van der Waals surface area contributed by atoms with Crippen LogP contribution in [0.15, 0.2) is 0 Å². The molecule has 0 aliphatic heterocycles. The van der Waals surface area contributed by atoms with Crippen molar-refractivity contribution in [3.05, 3.63) is 0 Å².